The Balaban J connectivity index is 4.04. The summed E-state index contributed by atoms with van der Waals surface area (Å²) in [7, 11) is 0. The number of nitrogens with one attached hydrogen (secondary N) is 1. The van der Waals surface area contributed by atoms with E-state index in [1.165, 1.54) is 6.92 Å². The van der Waals surface area contributed by atoms with Gasteiger partial charge in [-0.2, -0.15) is 11.8 Å². The quantitative estimate of drug-likeness (QED) is 0.523. The van der Waals surface area contributed by atoms with E-state index in [9.17, 15) is 9.59 Å². The van der Waals surface area contributed by atoms with E-state index in [-0.39, 0.29) is 11.9 Å². The highest BCUT2D eigenvalue weighted by atomic mass is 32.2. The van der Waals surface area contributed by atoms with Crippen LogP contribution in [0, 0.1) is 0 Å². The molecule has 1 atom stereocenters. The van der Waals surface area contributed by atoms with Crippen LogP contribution < -0.4 is 5.32 Å². The molecule has 1 amide bonds. The Bertz CT molecular complexity index is 221. The van der Waals surface area contributed by atoms with Gasteiger partial charge in [-0.1, -0.05) is 13.3 Å². The fraction of sp³-hybridized carbons (Fsp3) is 0.818. The van der Waals surface area contributed by atoms with Gasteiger partial charge >= 0.3 is 5.97 Å². The van der Waals surface area contributed by atoms with Crippen molar-refractivity contribution < 1.29 is 14.3 Å². The molecule has 0 spiro atoms. The lowest BCUT2D eigenvalue weighted by molar-refractivity contribution is -0.147. The minimum atomic E-state index is -0.498. The van der Waals surface area contributed by atoms with E-state index < -0.39 is 6.04 Å². The summed E-state index contributed by atoms with van der Waals surface area (Å²) in [6.45, 7) is 3.88. The van der Waals surface area contributed by atoms with Gasteiger partial charge in [-0.3, -0.25) is 4.79 Å². The van der Waals surface area contributed by atoms with Crippen molar-refractivity contribution in [2.45, 2.75) is 39.2 Å². The summed E-state index contributed by atoms with van der Waals surface area (Å²) in [5, 5.41) is 2.61. The lowest BCUT2D eigenvalue weighted by Crippen LogP contribution is -2.41. The fourth-order valence-electron chi connectivity index (χ4n) is 1.15. The molecule has 1 unspecified atom stereocenters. The van der Waals surface area contributed by atoms with E-state index >= 15 is 0 Å². The predicted molar refractivity (Wildman–Crippen MR) is 66.5 cm³/mol. The number of hydrogen-bond acceptors (Lipinski definition) is 4. The standard InChI is InChI=1S/C11H21NO3S/c1-4-5-7-15-11(14)10(6-8-16-3)12-9(2)13/h10H,4-8H2,1-3H3,(H,12,13). The number of carbonyl (C=O) groups is 2. The lowest BCUT2D eigenvalue weighted by Gasteiger charge is -2.16. The largest absolute Gasteiger partial charge is 0.464 e. The molecule has 0 heterocycles. The van der Waals surface area contributed by atoms with Gasteiger partial charge in [0.05, 0.1) is 6.61 Å². The van der Waals surface area contributed by atoms with Gasteiger partial charge in [-0.05, 0) is 24.9 Å². The number of unbranched alkanes of at least 4 members (excludes halogenated alkanes) is 1. The Morgan fingerprint density at radius 1 is 1.44 bits per heavy atom. The maximum atomic E-state index is 11.6. The van der Waals surface area contributed by atoms with Gasteiger partial charge in [0, 0.05) is 6.92 Å². The first kappa shape index (κ1) is 15.3. The minimum absolute atomic E-state index is 0.196. The number of amides is 1. The molecule has 0 aliphatic rings. The highest BCUT2D eigenvalue weighted by Crippen LogP contribution is 2.03. The molecule has 0 aliphatic heterocycles. The van der Waals surface area contributed by atoms with Crippen LogP contribution in [0.3, 0.4) is 0 Å². The number of thioether (sulfide) groups is 1. The maximum Gasteiger partial charge on any atom is 0.328 e. The van der Waals surface area contributed by atoms with Crippen LogP contribution in [0.25, 0.3) is 0 Å². The number of ether oxygens (including phenoxy) is 1. The van der Waals surface area contributed by atoms with Gasteiger partial charge in [-0.15, -0.1) is 0 Å². The van der Waals surface area contributed by atoms with Crippen LogP contribution in [-0.2, 0) is 14.3 Å². The number of carbonyl (C=O) groups excluding carboxylic acids is 2. The molecule has 0 aliphatic carbocycles. The molecule has 94 valence electrons. The third-order valence-electron chi connectivity index (χ3n) is 2.01. The average molecular weight is 247 g/mol. The molecular weight excluding hydrogens is 226 g/mol. The van der Waals surface area contributed by atoms with Crippen molar-refractivity contribution in [3.05, 3.63) is 0 Å². The minimum Gasteiger partial charge on any atom is -0.464 e. The summed E-state index contributed by atoms with van der Waals surface area (Å²) < 4.78 is 5.08. The van der Waals surface area contributed by atoms with Gasteiger partial charge in [0.1, 0.15) is 6.04 Å². The molecule has 0 aromatic rings. The molecular formula is C11H21NO3S. The van der Waals surface area contributed by atoms with Crippen molar-refractivity contribution >= 4 is 23.6 Å². The predicted octanol–water partition coefficient (Wildman–Crippen LogP) is 1.59. The molecule has 16 heavy (non-hydrogen) atoms. The van der Waals surface area contributed by atoms with Crippen LogP contribution in [0.5, 0.6) is 0 Å². The van der Waals surface area contributed by atoms with Crippen LogP contribution in [0.1, 0.15) is 33.1 Å². The third-order valence-corrected chi connectivity index (χ3v) is 2.66. The summed E-state index contributed by atoms with van der Waals surface area (Å²) in [5.41, 5.74) is 0. The van der Waals surface area contributed by atoms with Crippen molar-refractivity contribution in [2.75, 3.05) is 18.6 Å². The molecule has 0 fully saturated rings. The van der Waals surface area contributed by atoms with E-state index in [2.05, 4.69) is 5.32 Å². The van der Waals surface area contributed by atoms with Crippen molar-refractivity contribution in [2.24, 2.45) is 0 Å². The Hall–Kier alpha value is -0.710. The second-order valence-corrected chi connectivity index (χ2v) is 4.54. The van der Waals surface area contributed by atoms with Crippen molar-refractivity contribution in [3.8, 4) is 0 Å². The molecule has 1 N–H and O–H groups in total. The zero-order valence-electron chi connectivity index (χ0n) is 10.2. The van der Waals surface area contributed by atoms with E-state index in [1.54, 1.807) is 11.8 Å². The summed E-state index contributed by atoms with van der Waals surface area (Å²) in [5.74, 6) is 0.310. The van der Waals surface area contributed by atoms with Crippen molar-refractivity contribution in [1.82, 2.24) is 5.32 Å². The Labute approximate surface area is 101 Å². The summed E-state index contributed by atoms with van der Waals surface area (Å²) in [4.78, 5) is 22.5. The molecule has 0 radical (unpaired) electrons. The molecule has 0 saturated carbocycles. The van der Waals surface area contributed by atoms with Crippen LogP contribution in [0.15, 0.2) is 0 Å². The van der Waals surface area contributed by atoms with Crippen molar-refractivity contribution in [3.63, 3.8) is 0 Å². The zero-order valence-corrected chi connectivity index (χ0v) is 11.1. The topological polar surface area (TPSA) is 55.4 Å². The number of rotatable bonds is 8. The highest BCUT2D eigenvalue weighted by Gasteiger charge is 2.20. The van der Waals surface area contributed by atoms with E-state index in [4.69, 9.17) is 4.74 Å². The molecule has 5 heteroatoms. The SMILES string of the molecule is CCCCOC(=O)C(CCSC)NC(C)=O. The molecule has 0 aromatic carbocycles. The Kier molecular flexibility index (Phi) is 9.09. The smallest absolute Gasteiger partial charge is 0.328 e. The van der Waals surface area contributed by atoms with Crippen LogP contribution in [-0.4, -0.2) is 36.5 Å². The fourth-order valence-corrected chi connectivity index (χ4v) is 1.62. The summed E-state index contributed by atoms with van der Waals surface area (Å²) in [6, 6.07) is -0.498. The molecule has 0 rings (SSSR count). The van der Waals surface area contributed by atoms with Gasteiger partial charge in [0.15, 0.2) is 0 Å². The first-order valence-electron chi connectivity index (χ1n) is 5.54. The first-order chi connectivity index (χ1) is 7.61. The number of esters is 1. The number of hydrogen-bond donors (Lipinski definition) is 1. The van der Waals surface area contributed by atoms with Crippen LogP contribution in [0.2, 0.25) is 0 Å². The van der Waals surface area contributed by atoms with Crippen LogP contribution >= 0.6 is 11.8 Å². The van der Waals surface area contributed by atoms with Crippen molar-refractivity contribution in [1.29, 1.82) is 0 Å². The van der Waals surface area contributed by atoms with E-state index in [1.807, 2.05) is 13.2 Å². The van der Waals surface area contributed by atoms with E-state index in [0.29, 0.717) is 13.0 Å². The Morgan fingerprint density at radius 2 is 2.12 bits per heavy atom. The Morgan fingerprint density at radius 3 is 2.62 bits per heavy atom. The van der Waals surface area contributed by atoms with Gasteiger partial charge in [-0.25, -0.2) is 4.79 Å². The van der Waals surface area contributed by atoms with Gasteiger partial charge < -0.3 is 10.1 Å². The monoisotopic (exact) mass is 247 g/mol. The normalized spacial score (nSPS) is 11.9. The second kappa shape index (κ2) is 9.51. The highest BCUT2D eigenvalue weighted by molar-refractivity contribution is 7.98. The zero-order chi connectivity index (χ0) is 12.4. The maximum absolute atomic E-state index is 11.6. The second-order valence-electron chi connectivity index (χ2n) is 3.56. The molecule has 0 saturated heterocycles. The third kappa shape index (κ3) is 7.56. The van der Waals surface area contributed by atoms with Gasteiger partial charge in [0.2, 0.25) is 5.91 Å². The average Bonchev–Trinajstić information content (AvgIpc) is 2.23. The molecule has 0 bridgehead atoms. The molecule has 0 aromatic heterocycles. The summed E-state index contributed by atoms with van der Waals surface area (Å²) >= 11 is 1.64. The first-order valence-corrected chi connectivity index (χ1v) is 6.93. The van der Waals surface area contributed by atoms with Crippen LogP contribution in [0.4, 0.5) is 0 Å². The summed E-state index contributed by atoms with van der Waals surface area (Å²) in [6.07, 6.45) is 4.43. The molecule has 4 nitrogen and oxygen atoms in total. The van der Waals surface area contributed by atoms with Gasteiger partial charge in [0.25, 0.3) is 0 Å². The lowest BCUT2D eigenvalue weighted by atomic mass is 10.2. The van der Waals surface area contributed by atoms with E-state index in [0.717, 1.165) is 18.6 Å².